The van der Waals surface area contributed by atoms with E-state index in [0.717, 1.165) is 35.1 Å². The highest BCUT2D eigenvalue weighted by molar-refractivity contribution is 9.09. The molecule has 0 amide bonds. The Bertz CT molecular complexity index is 481. The van der Waals surface area contributed by atoms with Gasteiger partial charge in [-0.1, -0.05) is 15.9 Å². The first-order valence-electron chi connectivity index (χ1n) is 5.89. The van der Waals surface area contributed by atoms with Crippen LogP contribution in [0.2, 0.25) is 0 Å². The fourth-order valence-electron chi connectivity index (χ4n) is 1.95. The monoisotopic (exact) mass is 296 g/mol. The van der Waals surface area contributed by atoms with Gasteiger partial charge in [0, 0.05) is 24.1 Å². The third-order valence-corrected chi connectivity index (χ3v) is 3.35. The van der Waals surface area contributed by atoms with E-state index in [-0.39, 0.29) is 0 Å². The first-order valence-corrected chi connectivity index (χ1v) is 7.01. The molecular weight excluding hydrogens is 280 g/mol. The highest BCUT2D eigenvalue weighted by Crippen LogP contribution is 2.26. The predicted octanol–water partition coefficient (Wildman–Crippen LogP) is 3.83. The quantitative estimate of drug-likeness (QED) is 0.785. The van der Waals surface area contributed by atoms with Gasteiger partial charge in [-0.05, 0) is 32.4 Å². The molecule has 4 heteroatoms. The third kappa shape index (κ3) is 2.63. The average molecular weight is 297 g/mol. The molecule has 2 aromatic rings. The van der Waals surface area contributed by atoms with Crippen LogP contribution in [0.4, 0.5) is 5.82 Å². The predicted molar refractivity (Wildman–Crippen MR) is 74.9 cm³/mol. The molecule has 2 aromatic heterocycles. The van der Waals surface area contributed by atoms with Crippen LogP contribution in [0, 0.1) is 0 Å². The summed E-state index contributed by atoms with van der Waals surface area (Å²) in [6.07, 6.45) is 4.64. The van der Waals surface area contributed by atoms with Crippen LogP contribution in [0.15, 0.2) is 29.0 Å². The molecule has 0 unspecified atom stereocenters. The lowest BCUT2D eigenvalue weighted by atomic mass is 10.2. The highest BCUT2D eigenvalue weighted by atomic mass is 79.9. The van der Waals surface area contributed by atoms with Gasteiger partial charge in [-0.25, -0.2) is 4.98 Å². The molecule has 0 saturated carbocycles. The molecule has 2 heterocycles. The smallest absolute Gasteiger partial charge is 0.139 e. The molecule has 0 saturated heterocycles. The van der Waals surface area contributed by atoms with E-state index in [1.807, 2.05) is 18.3 Å². The topological polar surface area (TPSA) is 29.3 Å². The lowest BCUT2D eigenvalue weighted by molar-refractivity contribution is 0.615. The van der Waals surface area contributed by atoms with Gasteiger partial charge in [-0.3, -0.25) is 0 Å². The Morgan fingerprint density at radius 3 is 2.94 bits per heavy atom. The number of pyridine rings is 1. The van der Waals surface area contributed by atoms with E-state index in [1.165, 1.54) is 0 Å². The van der Waals surface area contributed by atoms with Gasteiger partial charge in [0.25, 0.3) is 0 Å². The fraction of sp³-hybridized carbons (Fsp3) is 0.462. The van der Waals surface area contributed by atoms with E-state index in [1.54, 1.807) is 6.26 Å². The second-order valence-corrected chi connectivity index (χ2v) is 5.09. The average Bonchev–Trinajstić information content (AvgIpc) is 2.77. The van der Waals surface area contributed by atoms with Crippen LogP contribution in [0.5, 0.6) is 0 Å². The molecule has 0 bridgehead atoms. The van der Waals surface area contributed by atoms with Crippen LogP contribution in [0.1, 0.15) is 20.3 Å². The first-order chi connectivity index (χ1) is 8.24. The van der Waals surface area contributed by atoms with E-state index in [4.69, 9.17) is 4.42 Å². The van der Waals surface area contributed by atoms with Crippen LogP contribution >= 0.6 is 15.9 Å². The summed E-state index contributed by atoms with van der Waals surface area (Å²) < 4.78 is 5.42. The minimum absolute atomic E-state index is 0.432. The Morgan fingerprint density at radius 2 is 2.24 bits per heavy atom. The van der Waals surface area contributed by atoms with E-state index < -0.39 is 0 Å². The Balaban J connectivity index is 2.37. The number of nitrogens with zero attached hydrogens (tertiary/aromatic N) is 2. The zero-order valence-corrected chi connectivity index (χ0v) is 11.8. The molecule has 0 fully saturated rings. The van der Waals surface area contributed by atoms with Crippen molar-refractivity contribution in [2.24, 2.45) is 0 Å². The highest BCUT2D eigenvalue weighted by Gasteiger charge is 2.15. The van der Waals surface area contributed by atoms with Crippen molar-refractivity contribution in [2.75, 3.05) is 16.8 Å². The molecule has 17 heavy (non-hydrogen) atoms. The van der Waals surface area contributed by atoms with Gasteiger partial charge in [0.2, 0.25) is 0 Å². The number of alkyl halides is 1. The molecule has 0 radical (unpaired) electrons. The van der Waals surface area contributed by atoms with Crippen molar-refractivity contribution in [3.05, 3.63) is 24.6 Å². The summed E-state index contributed by atoms with van der Waals surface area (Å²) in [6, 6.07) is 4.32. The largest absolute Gasteiger partial charge is 0.464 e. The van der Waals surface area contributed by atoms with Gasteiger partial charge in [0.1, 0.15) is 11.4 Å². The maximum atomic E-state index is 5.42. The van der Waals surface area contributed by atoms with Crippen molar-refractivity contribution in [1.29, 1.82) is 0 Å². The van der Waals surface area contributed by atoms with Crippen molar-refractivity contribution in [3.63, 3.8) is 0 Å². The maximum Gasteiger partial charge on any atom is 0.139 e. The van der Waals surface area contributed by atoms with Crippen molar-refractivity contribution in [1.82, 2.24) is 4.98 Å². The number of aromatic nitrogens is 1. The maximum absolute atomic E-state index is 5.42. The van der Waals surface area contributed by atoms with E-state index in [9.17, 15) is 0 Å². The van der Waals surface area contributed by atoms with Gasteiger partial charge in [0.15, 0.2) is 0 Å². The van der Waals surface area contributed by atoms with Crippen LogP contribution < -0.4 is 4.90 Å². The van der Waals surface area contributed by atoms with Crippen molar-refractivity contribution in [2.45, 2.75) is 26.3 Å². The molecule has 0 aromatic carbocycles. The summed E-state index contributed by atoms with van der Waals surface area (Å²) in [5, 5.41) is 2.10. The molecule has 0 N–H and O–H groups in total. The summed E-state index contributed by atoms with van der Waals surface area (Å²) in [4.78, 5) is 6.82. The second-order valence-electron chi connectivity index (χ2n) is 4.30. The Labute approximate surface area is 110 Å². The molecule has 0 aliphatic rings. The number of halogens is 1. The summed E-state index contributed by atoms with van der Waals surface area (Å²) in [5.74, 6) is 1.02. The molecule has 2 rings (SSSR count). The molecule has 0 atom stereocenters. The Hall–Kier alpha value is -1.03. The molecule has 0 aliphatic heterocycles. The molecule has 3 nitrogen and oxygen atoms in total. The third-order valence-electron chi connectivity index (χ3n) is 2.79. The van der Waals surface area contributed by atoms with Crippen LogP contribution in [-0.2, 0) is 0 Å². The van der Waals surface area contributed by atoms with Gasteiger partial charge >= 0.3 is 0 Å². The van der Waals surface area contributed by atoms with E-state index in [0.29, 0.717) is 6.04 Å². The Kier molecular flexibility index (Phi) is 4.05. The van der Waals surface area contributed by atoms with Crippen molar-refractivity contribution < 1.29 is 4.42 Å². The second kappa shape index (κ2) is 5.54. The molecule has 0 spiro atoms. The summed E-state index contributed by atoms with van der Waals surface area (Å²) in [6.45, 7) is 5.38. The van der Waals surface area contributed by atoms with Crippen LogP contribution in [-0.4, -0.2) is 22.9 Å². The van der Waals surface area contributed by atoms with Crippen molar-refractivity contribution in [3.8, 4) is 0 Å². The SMILES string of the molecule is CC(C)N(CCCBr)c1nccc2occc12. The molecule has 92 valence electrons. The number of hydrogen-bond acceptors (Lipinski definition) is 3. The number of anilines is 1. The minimum atomic E-state index is 0.432. The lowest BCUT2D eigenvalue weighted by Crippen LogP contribution is -2.32. The number of furan rings is 1. The zero-order chi connectivity index (χ0) is 12.3. The zero-order valence-electron chi connectivity index (χ0n) is 10.2. The van der Waals surface area contributed by atoms with E-state index >= 15 is 0 Å². The van der Waals surface area contributed by atoms with Gasteiger partial charge < -0.3 is 9.32 Å². The fourth-order valence-corrected chi connectivity index (χ4v) is 2.20. The number of hydrogen-bond donors (Lipinski definition) is 0. The minimum Gasteiger partial charge on any atom is -0.464 e. The van der Waals surface area contributed by atoms with Gasteiger partial charge in [-0.15, -0.1) is 0 Å². The standard InChI is InChI=1S/C13H17BrN2O/c1-10(2)16(8-3-6-14)13-11-5-9-17-12(11)4-7-15-13/h4-5,7,9-10H,3,6,8H2,1-2H3. The lowest BCUT2D eigenvalue weighted by Gasteiger charge is -2.28. The summed E-state index contributed by atoms with van der Waals surface area (Å²) in [7, 11) is 0. The number of fused-ring (bicyclic) bond motifs is 1. The Morgan fingerprint density at radius 1 is 1.41 bits per heavy atom. The van der Waals surface area contributed by atoms with Crippen molar-refractivity contribution >= 4 is 32.7 Å². The van der Waals surface area contributed by atoms with Gasteiger partial charge in [-0.2, -0.15) is 0 Å². The van der Waals surface area contributed by atoms with E-state index in [2.05, 4.69) is 39.7 Å². The van der Waals surface area contributed by atoms with Crippen LogP contribution in [0.3, 0.4) is 0 Å². The molecule has 0 aliphatic carbocycles. The van der Waals surface area contributed by atoms with Crippen LogP contribution in [0.25, 0.3) is 11.0 Å². The van der Waals surface area contributed by atoms with Gasteiger partial charge in [0.05, 0.1) is 11.6 Å². The summed E-state index contributed by atoms with van der Waals surface area (Å²) >= 11 is 3.48. The molecular formula is C13H17BrN2O. The number of rotatable bonds is 5. The first kappa shape index (κ1) is 12.4. The normalized spacial score (nSPS) is 11.3. The summed E-state index contributed by atoms with van der Waals surface area (Å²) in [5.41, 5.74) is 0.902.